The molecule has 1 atom stereocenters. The van der Waals surface area contributed by atoms with Gasteiger partial charge < -0.3 is 16.2 Å². The molecule has 0 unspecified atom stereocenters. The molecule has 0 aliphatic heterocycles. The topological polar surface area (TPSA) is 92.4 Å². The van der Waals surface area contributed by atoms with Gasteiger partial charge in [-0.3, -0.25) is 9.59 Å². The van der Waals surface area contributed by atoms with E-state index in [4.69, 9.17) is 10.8 Å². The smallest absolute Gasteiger partial charge is 0.305 e. The molecule has 1 aromatic rings. The Labute approximate surface area is 99.6 Å². The van der Waals surface area contributed by atoms with Gasteiger partial charge in [0.05, 0.1) is 12.5 Å². The number of carbonyl (C=O) groups is 2. The summed E-state index contributed by atoms with van der Waals surface area (Å²) in [6.07, 6.45) is 0.351. The molecule has 5 heteroatoms. The summed E-state index contributed by atoms with van der Waals surface area (Å²) in [4.78, 5) is 21.8. The number of benzene rings is 1. The summed E-state index contributed by atoms with van der Waals surface area (Å²) in [5.74, 6) is -1.27. The molecule has 0 heterocycles. The van der Waals surface area contributed by atoms with Crippen molar-refractivity contribution in [2.75, 3.05) is 6.54 Å². The van der Waals surface area contributed by atoms with Crippen LogP contribution < -0.4 is 11.1 Å². The van der Waals surface area contributed by atoms with Crippen LogP contribution in [0.1, 0.15) is 12.0 Å². The predicted molar refractivity (Wildman–Crippen MR) is 63.4 cm³/mol. The lowest BCUT2D eigenvalue weighted by molar-refractivity contribution is -0.136. The standard InChI is InChI=1S/C12H16N2O3/c13-10(8-9-4-2-1-3-5-9)12(17)14-7-6-11(15)16/h1-5,10H,6-8,13H2,(H,14,17)(H,15,16)/t10-/m1/s1. The van der Waals surface area contributed by atoms with E-state index in [1.165, 1.54) is 0 Å². The highest BCUT2D eigenvalue weighted by Crippen LogP contribution is 2.01. The number of nitrogens with one attached hydrogen (secondary N) is 1. The zero-order chi connectivity index (χ0) is 12.7. The number of rotatable bonds is 6. The highest BCUT2D eigenvalue weighted by atomic mass is 16.4. The van der Waals surface area contributed by atoms with Crippen molar-refractivity contribution in [1.29, 1.82) is 0 Å². The summed E-state index contributed by atoms with van der Waals surface area (Å²) in [5.41, 5.74) is 6.69. The van der Waals surface area contributed by atoms with E-state index in [0.717, 1.165) is 5.56 Å². The fourth-order valence-corrected chi connectivity index (χ4v) is 1.38. The van der Waals surface area contributed by atoms with Crippen LogP contribution in [0, 0.1) is 0 Å². The zero-order valence-corrected chi connectivity index (χ0v) is 9.43. The molecule has 1 amide bonds. The molecule has 1 aromatic carbocycles. The van der Waals surface area contributed by atoms with Gasteiger partial charge in [0.25, 0.3) is 0 Å². The van der Waals surface area contributed by atoms with Crippen molar-refractivity contribution in [1.82, 2.24) is 5.32 Å². The first kappa shape index (κ1) is 13.2. The van der Waals surface area contributed by atoms with E-state index in [2.05, 4.69) is 5.32 Å². The lowest BCUT2D eigenvalue weighted by atomic mass is 10.1. The minimum Gasteiger partial charge on any atom is -0.481 e. The Bertz CT molecular complexity index is 379. The molecule has 0 aromatic heterocycles. The third-order valence-corrected chi connectivity index (χ3v) is 2.27. The molecule has 0 aliphatic carbocycles. The molecular weight excluding hydrogens is 220 g/mol. The Morgan fingerprint density at radius 1 is 1.29 bits per heavy atom. The van der Waals surface area contributed by atoms with Gasteiger partial charge in [-0.15, -0.1) is 0 Å². The molecule has 1 rings (SSSR count). The van der Waals surface area contributed by atoms with Crippen molar-refractivity contribution < 1.29 is 14.7 Å². The van der Waals surface area contributed by atoms with E-state index in [9.17, 15) is 9.59 Å². The van der Waals surface area contributed by atoms with Crippen molar-refractivity contribution in [3.8, 4) is 0 Å². The average Bonchev–Trinajstić information content (AvgIpc) is 2.29. The molecule has 0 aliphatic rings. The van der Waals surface area contributed by atoms with Crippen LogP contribution in [0.2, 0.25) is 0 Å². The van der Waals surface area contributed by atoms with Crippen molar-refractivity contribution in [3.63, 3.8) is 0 Å². The van der Waals surface area contributed by atoms with Gasteiger partial charge in [0.15, 0.2) is 0 Å². The van der Waals surface area contributed by atoms with Gasteiger partial charge in [-0.2, -0.15) is 0 Å². The van der Waals surface area contributed by atoms with Gasteiger partial charge in [0, 0.05) is 6.54 Å². The molecule has 0 saturated heterocycles. The summed E-state index contributed by atoms with van der Waals surface area (Å²) in [6, 6.07) is 8.79. The van der Waals surface area contributed by atoms with Crippen LogP contribution in [0.25, 0.3) is 0 Å². The van der Waals surface area contributed by atoms with Gasteiger partial charge in [0.2, 0.25) is 5.91 Å². The predicted octanol–water partition coefficient (Wildman–Crippen LogP) is 0.147. The Hall–Kier alpha value is -1.88. The second-order valence-electron chi connectivity index (χ2n) is 3.73. The van der Waals surface area contributed by atoms with Gasteiger partial charge >= 0.3 is 5.97 Å². The minimum atomic E-state index is -0.943. The Balaban J connectivity index is 2.34. The molecule has 0 saturated carbocycles. The highest BCUT2D eigenvalue weighted by molar-refractivity contribution is 5.82. The maximum Gasteiger partial charge on any atom is 0.305 e. The molecule has 92 valence electrons. The summed E-state index contributed by atoms with van der Waals surface area (Å²) >= 11 is 0. The van der Waals surface area contributed by atoms with Gasteiger partial charge in [0.1, 0.15) is 0 Å². The van der Waals surface area contributed by atoms with E-state index in [-0.39, 0.29) is 18.9 Å². The Morgan fingerprint density at radius 2 is 1.94 bits per heavy atom. The number of amides is 1. The van der Waals surface area contributed by atoms with E-state index >= 15 is 0 Å². The lowest BCUT2D eigenvalue weighted by Gasteiger charge is -2.11. The Kier molecular flexibility index (Phi) is 5.16. The molecule has 5 nitrogen and oxygen atoms in total. The third-order valence-electron chi connectivity index (χ3n) is 2.27. The molecular formula is C12H16N2O3. The van der Waals surface area contributed by atoms with Crippen LogP contribution in [-0.4, -0.2) is 29.6 Å². The molecule has 4 N–H and O–H groups in total. The number of hydrogen-bond acceptors (Lipinski definition) is 3. The first-order chi connectivity index (χ1) is 8.09. The fourth-order valence-electron chi connectivity index (χ4n) is 1.38. The van der Waals surface area contributed by atoms with Crippen molar-refractivity contribution in [3.05, 3.63) is 35.9 Å². The quantitative estimate of drug-likeness (QED) is 0.655. The zero-order valence-electron chi connectivity index (χ0n) is 9.43. The van der Waals surface area contributed by atoms with Crippen LogP contribution >= 0.6 is 0 Å². The van der Waals surface area contributed by atoms with Gasteiger partial charge in [-0.05, 0) is 12.0 Å². The number of aliphatic carboxylic acids is 1. The average molecular weight is 236 g/mol. The molecule has 0 radical (unpaired) electrons. The summed E-state index contributed by atoms with van der Waals surface area (Å²) in [6.45, 7) is 0.108. The summed E-state index contributed by atoms with van der Waals surface area (Å²) < 4.78 is 0. The molecule has 0 bridgehead atoms. The second kappa shape index (κ2) is 6.65. The van der Waals surface area contributed by atoms with E-state index in [0.29, 0.717) is 6.42 Å². The fraction of sp³-hybridized carbons (Fsp3) is 0.333. The number of nitrogens with two attached hydrogens (primary N) is 1. The normalized spacial score (nSPS) is 11.8. The summed E-state index contributed by atoms with van der Waals surface area (Å²) in [7, 11) is 0. The molecule has 17 heavy (non-hydrogen) atoms. The van der Waals surface area contributed by atoms with Crippen LogP contribution in [0.5, 0.6) is 0 Å². The van der Waals surface area contributed by atoms with Gasteiger partial charge in [-0.1, -0.05) is 30.3 Å². The second-order valence-corrected chi connectivity index (χ2v) is 3.73. The lowest BCUT2D eigenvalue weighted by Crippen LogP contribution is -2.42. The van der Waals surface area contributed by atoms with Crippen molar-refractivity contribution >= 4 is 11.9 Å². The molecule has 0 fully saturated rings. The van der Waals surface area contributed by atoms with Crippen LogP contribution in [0.15, 0.2) is 30.3 Å². The highest BCUT2D eigenvalue weighted by Gasteiger charge is 2.13. The number of carboxylic acids is 1. The van der Waals surface area contributed by atoms with Crippen LogP contribution in [0.4, 0.5) is 0 Å². The minimum absolute atomic E-state index is 0.0935. The Morgan fingerprint density at radius 3 is 2.53 bits per heavy atom. The monoisotopic (exact) mass is 236 g/mol. The van der Waals surface area contributed by atoms with Gasteiger partial charge in [-0.25, -0.2) is 0 Å². The van der Waals surface area contributed by atoms with E-state index in [1.807, 2.05) is 30.3 Å². The maximum atomic E-state index is 11.5. The number of hydrogen-bond donors (Lipinski definition) is 3. The third kappa shape index (κ3) is 5.12. The van der Waals surface area contributed by atoms with Crippen molar-refractivity contribution in [2.24, 2.45) is 5.73 Å². The van der Waals surface area contributed by atoms with E-state index < -0.39 is 12.0 Å². The summed E-state index contributed by atoms with van der Waals surface area (Å²) in [5, 5.41) is 10.9. The van der Waals surface area contributed by atoms with E-state index in [1.54, 1.807) is 0 Å². The largest absolute Gasteiger partial charge is 0.481 e. The molecule has 0 spiro atoms. The van der Waals surface area contributed by atoms with Crippen molar-refractivity contribution in [2.45, 2.75) is 18.9 Å². The number of carbonyl (C=O) groups excluding carboxylic acids is 1. The van der Waals surface area contributed by atoms with Crippen LogP contribution in [-0.2, 0) is 16.0 Å². The first-order valence-corrected chi connectivity index (χ1v) is 5.38. The maximum absolute atomic E-state index is 11.5. The number of carboxylic acid groups (broad SMARTS) is 1. The van der Waals surface area contributed by atoms with Crippen LogP contribution in [0.3, 0.4) is 0 Å². The first-order valence-electron chi connectivity index (χ1n) is 5.38. The SMILES string of the molecule is N[C@H](Cc1ccccc1)C(=O)NCCC(=O)O.